The summed E-state index contributed by atoms with van der Waals surface area (Å²) in [4.78, 5) is 29.0. The van der Waals surface area contributed by atoms with Gasteiger partial charge in [0.25, 0.3) is 5.91 Å². The number of aromatic hydroxyl groups is 2. The maximum absolute atomic E-state index is 13.7. The van der Waals surface area contributed by atoms with Crippen LogP contribution in [0.5, 0.6) is 11.5 Å². The molecular formula is C25H29N3O5. The van der Waals surface area contributed by atoms with Gasteiger partial charge in [-0.3, -0.25) is 9.59 Å². The Kier molecular flexibility index (Phi) is 5.11. The zero-order valence-corrected chi connectivity index (χ0v) is 18.9. The molecule has 5 rings (SSSR count). The fourth-order valence-corrected chi connectivity index (χ4v) is 5.15. The van der Waals surface area contributed by atoms with Crippen LogP contribution in [-0.2, 0) is 17.9 Å². The van der Waals surface area contributed by atoms with E-state index >= 15 is 0 Å². The van der Waals surface area contributed by atoms with Crippen LogP contribution in [0.15, 0.2) is 34.7 Å². The van der Waals surface area contributed by atoms with Crippen molar-refractivity contribution in [2.75, 3.05) is 0 Å². The number of nitrogens with one attached hydrogen (secondary N) is 1. The second-order valence-corrected chi connectivity index (χ2v) is 9.52. The Bertz CT molecular complexity index is 1240. The Morgan fingerprint density at radius 2 is 1.91 bits per heavy atom. The average molecular weight is 452 g/mol. The third-order valence-electron chi connectivity index (χ3n) is 7.05. The van der Waals surface area contributed by atoms with Gasteiger partial charge in [-0.2, -0.15) is 0 Å². The number of fused-ring (bicyclic) bond motifs is 3. The normalized spacial score (nSPS) is 21.4. The number of carbonyl (C=O) groups excluding carboxylic acids is 2. The summed E-state index contributed by atoms with van der Waals surface area (Å²) in [5.41, 5.74) is 1.36. The summed E-state index contributed by atoms with van der Waals surface area (Å²) in [5, 5.41) is 22.8. The van der Waals surface area contributed by atoms with E-state index in [0.29, 0.717) is 23.4 Å². The summed E-state index contributed by atoms with van der Waals surface area (Å²) in [7, 11) is 0. The molecule has 8 nitrogen and oxygen atoms in total. The molecule has 3 N–H and O–H groups in total. The smallest absolute Gasteiger partial charge is 0.271 e. The van der Waals surface area contributed by atoms with E-state index in [1.54, 1.807) is 24.0 Å². The van der Waals surface area contributed by atoms with Crippen LogP contribution in [0.25, 0.3) is 11.1 Å². The Balaban J connectivity index is 1.54. The maximum atomic E-state index is 13.7. The number of hydrogen-bond acceptors (Lipinski definition) is 5. The van der Waals surface area contributed by atoms with Crippen LogP contribution in [0, 0.1) is 6.92 Å². The minimum atomic E-state index is -1.15. The van der Waals surface area contributed by atoms with Crippen LogP contribution in [0.2, 0.25) is 0 Å². The number of benzene rings is 1. The lowest BCUT2D eigenvalue weighted by Gasteiger charge is -2.44. The SMILES string of the molecule is Cc1cc2c(cc3n2CC(C)(C(=O)NC2CCCCC2)N(Cc2ccc(O)c(O)c2)C3=O)o1. The number of hydrogen-bond donors (Lipinski definition) is 3. The molecule has 3 aromatic rings. The van der Waals surface area contributed by atoms with Crippen molar-refractivity contribution in [3.05, 3.63) is 47.3 Å². The summed E-state index contributed by atoms with van der Waals surface area (Å²) in [6.07, 6.45) is 5.26. The molecule has 1 fully saturated rings. The molecule has 3 heterocycles. The van der Waals surface area contributed by atoms with Gasteiger partial charge in [-0.1, -0.05) is 25.3 Å². The highest BCUT2D eigenvalue weighted by Crippen LogP contribution is 2.36. The van der Waals surface area contributed by atoms with E-state index in [1.807, 2.05) is 17.6 Å². The number of amides is 2. The highest BCUT2D eigenvalue weighted by Gasteiger charge is 2.48. The Morgan fingerprint density at radius 3 is 2.64 bits per heavy atom. The lowest BCUT2D eigenvalue weighted by molar-refractivity contribution is -0.134. The fraction of sp³-hybridized carbons (Fsp3) is 0.440. The molecule has 33 heavy (non-hydrogen) atoms. The first kappa shape index (κ1) is 21.4. The molecule has 0 saturated heterocycles. The van der Waals surface area contributed by atoms with Crippen molar-refractivity contribution in [1.82, 2.24) is 14.8 Å². The summed E-state index contributed by atoms with van der Waals surface area (Å²) < 4.78 is 7.62. The number of phenols is 2. The molecule has 0 spiro atoms. The van der Waals surface area contributed by atoms with E-state index in [9.17, 15) is 19.8 Å². The quantitative estimate of drug-likeness (QED) is 0.523. The molecule has 2 aliphatic rings. The monoisotopic (exact) mass is 451 g/mol. The zero-order chi connectivity index (χ0) is 23.3. The topological polar surface area (TPSA) is 108 Å². The zero-order valence-electron chi connectivity index (χ0n) is 18.9. The standard InChI is InChI=1S/C25H29N3O5/c1-15-10-18-22(33-15)12-19-23(31)28(13-16-8-9-20(29)21(30)11-16)25(2,14-27(18)19)24(32)26-17-6-4-3-5-7-17/h8-12,17,29-30H,3-7,13-14H2,1-2H3,(H,26,32). The van der Waals surface area contributed by atoms with E-state index in [0.717, 1.165) is 37.0 Å². The van der Waals surface area contributed by atoms with Gasteiger partial charge < -0.3 is 29.4 Å². The molecule has 0 radical (unpaired) electrons. The lowest BCUT2D eigenvalue weighted by atomic mass is 9.91. The van der Waals surface area contributed by atoms with Crippen molar-refractivity contribution in [3.8, 4) is 11.5 Å². The van der Waals surface area contributed by atoms with E-state index in [2.05, 4.69) is 5.32 Å². The molecule has 174 valence electrons. The summed E-state index contributed by atoms with van der Waals surface area (Å²) in [5.74, 6) is -0.205. The van der Waals surface area contributed by atoms with Crippen molar-refractivity contribution in [2.24, 2.45) is 0 Å². The van der Waals surface area contributed by atoms with Crippen molar-refractivity contribution in [3.63, 3.8) is 0 Å². The molecular weight excluding hydrogens is 422 g/mol. The first-order chi connectivity index (χ1) is 15.8. The van der Waals surface area contributed by atoms with Crippen LogP contribution in [0.1, 0.15) is 60.8 Å². The Hall–Kier alpha value is -3.42. The number of rotatable bonds is 4. The maximum Gasteiger partial charge on any atom is 0.271 e. The van der Waals surface area contributed by atoms with Crippen molar-refractivity contribution < 1.29 is 24.2 Å². The number of aromatic nitrogens is 1. The van der Waals surface area contributed by atoms with Crippen LogP contribution in [-0.4, -0.2) is 43.1 Å². The highest BCUT2D eigenvalue weighted by molar-refractivity contribution is 6.03. The number of nitrogens with zero attached hydrogens (tertiary/aromatic N) is 2. The van der Waals surface area contributed by atoms with Crippen molar-refractivity contribution >= 4 is 22.9 Å². The lowest BCUT2D eigenvalue weighted by Crippen LogP contribution is -2.64. The molecule has 1 aliphatic heterocycles. The number of phenolic OH excluding ortho intramolecular Hbond substituents is 2. The average Bonchev–Trinajstić information content (AvgIpc) is 3.31. The van der Waals surface area contributed by atoms with Crippen molar-refractivity contribution in [1.29, 1.82) is 0 Å². The van der Waals surface area contributed by atoms with Crippen LogP contribution < -0.4 is 5.32 Å². The third kappa shape index (κ3) is 3.63. The third-order valence-corrected chi connectivity index (χ3v) is 7.05. The van der Waals surface area contributed by atoms with Gasteiger partial charge in [-0.15, -0.1) is 0 Å². The van der Waals surface area contributed by atoms with Gasteiger partial charge in [-0.05, 0) is 44.4 Å². The van der Waals surface area contributed by atoms with Crippen molar-refractivity contribution in [2.45, 2.75) is 70.6 Å². The molecule has 1 atom stereocenters. The van der Waals surface area contributed by atoms with E-state index in [1.165, 1.54) is 18.6 Å². The Labute approximate surface area is 191 Å². The minimum absolute atomic E-state index is 0.111. The second-order valence-electron chi connectivity index (χ2n) is 9.52. The largest absolute Gasteiger partial charge is 0.504 e. The molecule has 8 heteroatoms. The predicted molar refractivity (Wildman–Crippen MR) is 122 cm³/mol. The molecule has 1 aliphatic carbocycles. The first-order valence-electron chi connectivity index (χ1n) is 11.5. The van der Waals surface area contributed by atoms with E-state index in [4.69, 9.17) is 4.42 Å². The van der Waals surface area contributed by atoms with Gasteiger partial charge in [0.15, 0.2) is 17.1 Å². The molecule has 2 amide bonds. The van der Waals surface area contributed by atoms with Gasteiger partial charge in [0.1, 0.15) is 17.0 Å². The first-order valence-corrected chi connectivity index (χ1v) is 11.5. The summed E-state index contributed by atoms with van der Waals surface area (Å²) >= 11 is 0. The Morgan fingerprint density at radius 1 is 1.15 bits per heavy atom. The minimum Gasteiger partial charge on any atom is -0.504 e. The number of furan rings is 1. The molecule has 1 saturated carbocycles. The van der Waals surface area contributed by atoms with Gasteiger partial charge in [0.2, 0.25) is 5.91 Å². The highest BCUT2D eigenvalue weighted by atomic mass is 16.3. The fourth-order valence-electron chi connectivity index (χ4n) is 5.15. The molecule has 2 aromatic heterocycles. The van der Waals surface area contributed by atoms with Gasteiger partial charge in [0.05, 0.1) is 12.1 Å². The molecule has 1 unspecified atom stereocenters. The van der Waals surface area contributed by atoms with Gasteiger partial charge in [0, 0.05) is 24.7 Å². The number of carbonyl (C=O) groups is 2. The van der Waals surface area contributed by atoms with Crippen LogP contribution in [0.3, 0.4) is 0 Å². The number of aryl methyl sites for hydroxylation is 1. The molecule has 1 aromatic carbocycles. The van der Waals surface area contributed by atoms with E-state index in [-0.39, 0.29) is 35.9 Å². The second kappa shape index (κ2) is 7.86. The molecule has 0 bridgehead atoms. The van der Waals surface area contributed by atoms with Crippen LogP contribution in [0.4, 0.5) is 0 Å². The summed E-state index contributed by atoms with van der Waals surface area (Å²) in [6.45, 7) is 4.06. The van der Waals surface area contributed by atoms with E-state index < -0.39 is 5.54 Å². The van der Waals surface area contributed by atoms with Gasteiger partial charge >= 0.3 is 0 Å². The summed E-state index contributed by atoms with van der Waals surface area (Å²) in [6, 6.07) is 8.18. The van der Waals surface area contributed by atoms with Crippen LogP contribution >= 0.6 is 0 Å². The predicted octanol–water partition coefficient (Wildman–Crippen LogP) is 3.82. The van der Waals surface area contributed by atoms with Gasteiger partial charge in [-0.25, -0.2) is 0 Å².